The Kier molecular flexibility index (Phi) is 6.69. The van der Waals surface area contributed by atoms with Gasteiger partial charge in [-0.3, -0.25) is 4.79 Å². The van der Waals surface area contributed by atoms with E-state index in [4.69, 9.17) is 4.74 Å². The summed E-state index contributed by atoms with van der Waals surface area (Å²) < 4.78 is 5.24. The van der Waals surface area contributed by atoms with Crippen LogP contribution in [0.3, 0.4) is 0 Å². The molecule has 0 aliphatic carbocycles. The Hall–Kier alpha value is -3.41. The lowest BCUT2D eigenvalue weighted by Crippen LogP contribution is -2.41. The summed E-state index contributed by atoms with van der Waals surface area (Å²) in [5.41, 5.74) is 3.98. The monoisotopic (exact) mass is 430 g/mol. The molecule has 0 spiro atoms. The van der Waals surface area contributed by atoms with Crippen molar-refractivity contribution in [3.8, 4) is 17.0 Å². The Morgan fingerprint density at radius 3 is 2.53 bits per heavy atom. The van der Waals surface area contributed by atoms with Crippen LogP contribution in [0.25, 0.3) is 11.3 Å². The predicted octanol–water partition coefficient (Wildman–Crippen LogP) is 5.13. The molecule has 6 nitrogen and oxygen atoms in total. The largest absolute Gasteiger partial charge is 0.497 e. The topological polar surface area (TPSA) is 67.3 Å². The normalized spacial score (nSPS) is 16.1. The number of piperidine rings is 1. The molecule has 1 aromatic heterocycles. The van der Waals surface area contributed by atoms with E-state index in [1.807, 2.05) is 42.5 Å². The van der Waals surface area contributed by atoms with Crippen LogP contribution in [0.15, 0.2) is 60.9 Å². The number of rotatable bonds is 6. The summed E-state index contributed by atoms with van der Waals surface area (Å²) in [6.07, 6.45) is 3.42. The minimum Gasteiger partial charge on any atom is -0.497 e. The number of methoxy groups -OCH3 is 1. The summed E-state index contributed by atoms with van der Waals surface area (Å²) in [6, 6.07) is 17.9. The van der Waals surface area contributed by atoms with Crippen molar-refractivity contribution in [3.05, 3.63) is 66.5 Å². The second kappa shape index (κ2) is 9.81. The van der Waals surface area contributed by atoms with Gasteiger partial charge >= 0.3 is 0 Å². The fourth-order valence-electron chi connectivity index (χ4n) is 4.03. The molecule has 32 heavy (non-hydrogen) atoms. The molecule has 6 heteroatoms. The van der Waals surface area contributed by atoms with Crippen LogP contribution in [0, 0.1) is 5.92 Å². The number of amides is 1. The number of ether oxygens (including phenoxy) is 1. The first-order chi connectivity index (χ1) is 15.5. The number of hydrogen-bond donors (Lipinski definition) is 1. The Balaban J connectivity index is 1.43. The van der Waals surface area contributed by atoms with Crippen LogP contribution >= 0.6 is 0 Å². The Morgan fingerprint density at radius 2 is 1.84 bits per heavy atom. The zero-order chi connectivity index (χ0) is 22.5. The minimum atomic E-state index is -0.0760. The highest BCUT2D eigenvalue weighted by Crippen LogP contribution is 2.27. The van der Waals surface area contributed by atoms with Crippen LogP contribution in [0.5, 0.6) is 5.75 Å². The molecule has 1 aliphatic heterocycles. The van der Waals surface area contributed by atoms with E-state index in [1.54, 1.807) is 13.4 Å². The van der Waals surface area contributed by atoms with Gasteiger partial charge in [0.05, 0.1) is 18.7 Å². The van der Waals surface area contributed by atoms with Crippen molar-refractivity contribution >= 4 is 17.4 Å². The molecule has 1 saturated heterocycles. The lowest BCUT2D eigenvalue weighted by atomic mass is 9.96. The zero-order valence-corrected chi connectivity index (χ0v) is 18.9. The van der Waals surface area contributed by atoms with E-state index in [0.717, 1.165) is 47.9 Å². The van der Waals surface area contributed by atoms with Crippen molar-refractivity contribution in [1.29, 1.82) is 0 Å². The minimum absolute atomic E-state index is 0.0661. The highest BCUT2D eigenvalue weighted by atomic mass is 16.5. The Bertz CT molecular complexity index is 1050. The standard InChI is InChI=1S/C26H30N4O2/c1-18(2)19-6-10-22(11-7-19)29-26(31)21-5-4-14-30(16-21)25-15-24(27-17-28-25)20-8-12-23(32-3)13-9-20/h6-13,15,17-18,21H,4-5,14,16H2,1-3H3,(H,29,31). The fraction of sp³-hybridized carbons (Fsp3) is 0.346. The molecule has 0 saturated carbocycles. The number of anilines is 2. The molecule has 166 valence electrons. The van der Waals surface area contributed by atoms with E-state index in [9.17, 15) is 4.79 Å². The summed E-state index contributed by atoms with van der Waals surface area (Å²) in [6.45, 7) is 5.86. The number of carbonyl (C=O) groups is 1. The van der Waals surface area contributed by atoms with Gasteiger partial charge < -0.3 is 15.0 Å². The third kappa shape index (κ3) is 5.07. The maximum Gasteiger partial charge on any atom is 0.229 e. The number of hydrogen-bond acceptors (Lipinski definition) is 5. The molecule has 1 amide bonds. The number of aromatic nitrogens is 2. The van der Waals surface area contributed by atoms with Gasteiger partial charge in [0.2, 0.25) is 5.91 Å². The molecule has 0 radical (unpaired) electrons. The van der Waals surface area contributed by atoms with Gasteiger partial charge in [-0.05, 0) is 60.7 Å². The molecule has 1 fully saturated rings. The molecule has 4 rings (SSSR count). The molecular formula is C26H30N4O2. The summed E-state index contributed by atoms with van der Waals surface area (Å²) in [5, 5.41) is 3.09. The average Bonchev–Trinajstić information content (AvgIpc) is 2.84. The maximum absolute atomic E-state index is 12.9. The van der Waals surface area contributed by atoms with Crippen LogP contribution in [0.2, 0.25) is 0 Å². The summed E-state index contributed by atoms with van der Waals surface area (Å²) in [4.78, 5) is 24.0. The van der Waals surface area contributed by atoms with Crippen LogP contribution < -0.4 is 15.0 Å². The number of benzene rings is 2. The van der Waals surface area contributed by atoms with E-state index < -0.39 is 0 Å². The second-order valence-corrected chi connectivity index (χ2v) is 8.54. The highest BCUT2D eigenvalue weighted by Gasteiger charge is 2.27. The van der Waals surface area contributed by atoms with Gasteiger partial charge in [0.1, 0.15) is 17.9 Å². The van der Waals surface area contributed by atoms with Gasteiger partial charge in [-0.2, -0.15) is 0 Å². The van der Waals surface area contributed by atoms with Gasteiger partial charge in [0.25, 0.3) is 0 Å². The highest BCUT2D eigenvalue weighted by molar-refractivity contribution is 5.93. The van der Waals surface area contributed by atoms with Crippen molar-refractivity contribution in [2.24, 2.45) is 5.92 Å². The first-order valence-electron chi connectivity index (χ1n) is 11.2. The van der Waals surface area contributed by atoms with E-state index >= 15 is 0 Å². The summed E-state index contributed by atoms with van der Waals surface area (Å²) in [5.74, 6) is 2.13. The first-order valence-corrected chi connectivity index (χ1v) is 11.2. The molecule has 2 heterocycles. The quantitative estimate of drug-likeness (QED) is 0.587. The SMILES string of the molecule is COc1ccc(-c2cc(N3CCCC(C(=O)Nc4ccc(C(C)C)cc4)C3)ncn2)cc1. The molecule has 1 unspecified atom stereocenters. The van der Waals surface area contributed by atoms with Gasteiger partial charge in [0, 0.05) is 30.4 Å². The molecule has 1 atom stereocenters. The number of nitrogens with one attached hydrogen (secondary N) is 1. The lowest BCUT2D eigenvalue weighted by Gasteiger charge is -2.33. The number of carbonyl (C=O) groups excluding carboxylic acids is 1. The van der Waals surface area contributed by atoms with Crippen molar-refractivity contribution in [2.75, 3.05) is 30.4 Å². The van der Waals surface area contributed by atoms with Crippen molar-refractivity contribution in [3.63, 3.8) is 0 Å². The van der Waals surface area contributed by atoms with Crippen molar-refractivity contribution < 1.29 is 9.53 Å². The van der Waals surface area contributed by atoms with Crippen LogP contribution in [0.4, 0.5) is 11.5 Å². The van der Waals surface area contributed by atoms with Crippen LogP contribution in [-0.4, -0.2) is 36.1 Å². The third-order valence-electron chi connectivity index (χ3n) is 6.00. The second-order valence-electron chi connectivity index (χ2n) is 8.54. The predicted molar refractivity (Wildman–Crippen MR) is 128 cm³/mol. The smallest absolute Gasteiger partial charge is 0.229 e. The van der Waals surface area contributed by atoms with Crippen molar-refractivity contribution in [1.82, 2.24) is 9.97 Å². The molecule has 1 aliphatic rings. The van der Waals surface area contributed by atoms with E-state index in [2.05, 4.69) is 46.2 Å². The Labute approximate surface area is 189 Å². The van der Waals surface area contributed by atoms with E-state index in [-0.39, 0.29) is 11.8 Å². The van der Waals surface area contributed by atoms with Gasteiger partial charge in [-0.1, -0.05) is 26.0 Å². The summed E-state index contributed by atoms with van der Waals surface area (Å²) in [7, 11) is 1.65. The maximum atomic E-state index is 12.9. The van der Waals surface area contributed by atoms with E-state index in [0.29, 0.717) is 12.5 Å². The van der Waals surface area contributed by atoms with Gasteiger partial charge in [-0.25, -0.2) is 9.97 Å². The third-order valence-corrected chi connectivity index (χ3v) is 6.00. The molecule has 3 aromatic rings. The summed E-state index contributed by atoms with van der Waals surface area (Å²) >= 11 is 0. The van der Waals surface area contributed by atoms with Crippen molar-refractivity contribution in [2.45, 2.75) is 32.6 Å². The van der Waals surface area contributed by atoms with Crippen LogP contribution in [0.1, 0.15) is 38.2 Å². The lowest BCUT2D eigenvalue weighted by molar-refractivity contribution is -0.120. The van der Waals surface area contributed by atoms with Gasteiger partial charge in [-0.15, -0.1) is 0 Å². The molecule has 0 bridgehead atoms. The average molecular weight is 431 g/mol. The van der Waals surface area contributed by atoms with Crippen LogP contribution in [-0.2, 0) is 4.79 Å². The zero-order valence-electron chi connectivity index (χ0n) is 18.9. The fourth-order valence-corrected chi connectivity index (χ4v) is 4.03. The first kappa shape index (κ1) is 21.8. The van der Waals surface area contributed by atoms with Gasteiger partial charge in [0.15, 0.2) is 0 Å². The Morgan fingerprint density at radius 1 is 1.09 bits per heavy atom. The molecule has 1 N–H and O–H groups in total. The molecular weight excluding hydrogens is 400 g/mol. The number of nitrogens with zero attached hydrogens (tertiary/aromatic N) is 3. The van der Waals surface area contributed by atoms with E-state index in [1.165, 1.54) is 5.56 Å². The molecule has 2 aromatic carbocycles.